The highest BCUT2D eigenvalue weighted by Crippen LogP contribution is 2.18. The Kier molecular flexibility index (Phi) is 5.46. The van der Waals surface area contributed by atoms with Crippen LogP contribution in [0.2, 0.25) is 0 Å². The Morgan fingerprint density at radius 3 is 2.58 bits per heavy atom. The number of hydrogen-bond donors (Lipinski definition) is 1. The molecular weight excluding hydrogens is 394 g/mol. The van der Waals surface area contributed by atoms with Gasteiger partial charge in [0.25, 0.3) is 0 Å². The minimum Gasteiger partial charge on any atom is -0.348 e. The van der Waals surface area contributed by atoms with Crippen LogP contribution in [0.3, 0.4) is 0 Å². The van der Waals surface area contributed by atoms with Crippen LogP contribution in [-0.2, 0) is 11.3 Å². The topological polar surface area (TPSA) is 72.7 Å². The number of tetrazole rings is 1. The van der Waals surface area contributed by atoms with Crippen LogP contribution in [0, 0.1) is 13.8 Å². The molecule has 2 aromatic carbocycles. The van der Waals surface area contributed by atoms with Crippen molar-refractivity contribution in [1.29, 1.82) is 0 Å². The predicted molar refractivity (Wildman–Crippen MR) is 103 cm³/mol. The van der Waals surface area contributed by atoms with Crippen LogP contribution >= 0.6 is 15.9 Å². The zero-order valence-corrected chi connectivity index (χ0v) is 16.5. The number of carbonyl (C=O) groups excluding carboxylic acids is 1. The molecule has 0 spiro atoms. The van der Waals surface area contributed by atoms with E-state index in [0.29, 0.717) is 5.82 Å². The SMILES string of the molecule is Cc1ccc([C@@H](C)NC(=O)Cn2nnc(-c3ccc(Br)cc3)n2)cc1C. The summed E-state index contributed by atoms with van der Waals surface area (Å²) in [5.41, 5.74) is 4.37. The zero-order chi connectivity index (χ0) is 18.7. The number of amides is 1. The van der Waals surface area contributed by atoms with Gasteiger partial charge in [-0.1, -0.05) is 34.1 Å². The number of carbonyl (C=O) groups is 1. The van der Waals surface area contributed by atoms with Gasteiger partial charge in [-0.2, -0.15) is 4.80 Å². The van der Waals surface area contributed by atoms with Crippen molar-refractivity contribution >= 4 is 21.8 Å². The molecule has 3 aromatic rings. The van der Waals surface area contributed by atoms with Crippen LogP contribution in [0.4, 0.5) is 0 Å². The van der Waals surface area contributed by atoms with Gasteiger partial charge in [-0.15, -0.1) is 10.2 Å². The lowest BCUT2D eigenvalue weighted by atomic mass is 10.0. The number of hydrogen-bond acceptors (Lipinski definition) is 4. The average molecular weight is 414 g/mol. The Labute approximate surface area is 160 Å². The van der Waals surface area contributed by atoms with E-state index < -0.39 is 0 Å². The fourth-order valence-corrected chi connectivity index (χ4v) is 2.82. The Balaban J connectivity index is 1.63. The molecular formula is C19H20BrN5O. The standard InChI is InChI=1S/C19H20BrN5O/c1-12-4-5-16(10-13(12)2)14(3)21-18(26)11-25-23-19(22-24-25)15-6-8-17(20)9-7-15/h4-10,14H,11H2,1-3H3,(H,21,26)/t14-/m1/s1. The molecule has 0 aliphatic carbocycles. The first kappa shape index (κ1) is 18.3. The normalized spacial score (nSPS) is 12.0. The van der Waals surface area contributed by atoms with Crippen LogP contribution in [-0.4, -0.2) is 26.1 Å². The summed E-state index contributed by atoms with van der Waals surface area (Å²) >= 11 is 3.39. The Hall–Kier alpha value is -2.54. The van der Waals surface area contributed by atoms with Gasteiger partial charge < -0.3 is 5.32 Å². The quantitative estimate of drug-likeness (QED) is 0.693. The van der Waals surface area contributed by atoms with E-state index in [0.717, 1.165) is 15.6 Å². The molecule has 1 aromatic heterocycles. The van der Waals surface area contributed by atoms with Gasteiger partial charge in [0.1, 0.15) is 6.54 Å². The summed E-state index contributed by atoms with van der Waals surface area (Å²) in [4.78, 5) is 13.6. The molecule has 6 nitrogen and oxygen atoms in total. The fraction of sp³-hybridized carbons (Fsp3) is 0.263. The van der Waals surface area contributed by atoms with Gasteiger partial charge in [0.2, 0.25) is 11.7 Å². The highest BCUT2D eigenvalue weighted by atomic mass is 79.9. The van der Waals surface area contributed by atoms with Gasteiger partial charge in [-0.3, -0.25) is 4.79 Å². The number of aryl methyl sites for hydroxylation is 2. The maximum Gasteiger partial charge on any atom is 0.244 e. The highest BCUT2D eigenvalue weighted by Gasteiger charge is 2.13. The van der Waals surface area contributed by atoms with Gasteiger partial charge in [0.05, 0.1) is 6.04 Å². The summed E-state index contributed by atoms with van der Waals surface area (Å²) in [5, 5.41) is 15.2. The number of benzene rings is 2. The summed E-state index contributed by atoms with van der Waals surface area (Å²) in [6.07, 6.45) is 0. The first-order valence-corrected chi connectivity index (χ1v) is 9.12. The molecule has 0 fully saturated rings. The van der Waals surface area contributed by atoms with Gasteiger partial charge in [0.15, 0.2) is 0 Å². The molecule has 134 valence electrons. The molecule has 0 aliphatic heterocycles. The van der Waals surface area contributed by atoms with E-state index in [1.165, 1.54) is 15.9 Å². The number of nitrogens with zero attached hydrogens (tertiary/aromatic N) is 4. The maximum atomic E-state index is 12.3. The highest BCUT2D eigenvalue weighted by molar-refractivity contribution is 9.10. The smallest absolute Gasteiger partial charge is 0.244 e. The van der Waals surface area contributed by atoms with Crippen molar-refractivity contribution in [2.45, 2.75) is 33.4 Å². The predicted octanol–water partition coefficient (Wildman–Crippen LogP) is 3.60. The molecule has 7 heteroatoms. The average Bonchev–Trinajstić information content (AvgIpc) is 3.06. The largest absolute Gasteiger partial charge is 0.348 e. The van der Waals surface area contributed by atoms with E-state index in [2.05, 4.69) is 62.6 Å². The van der Waals surface area contributed by atoms with E-state index in [4.69, 9.17) is 0 Å². The van der Waals surface area contributed by atoms with E-state index in [9.17, 15) is 4.79 Å². The number of halogens is 1. The second kappa shape index (κ2) is 7.78. The number of nitrogens with one attached hydrogen (secondary N) is 1. The third kappa shape index (κ3) is 4.35. The fourth-order valence-electron chi connectivity index (χ4n) is 2.56. The third-order valence-corrected chi connectivity index (χ3v) is 4.78. The van der Waals surface area contributed by atoms with Crippen molar-refractivity contribution in [3.8, 4) is 11.4 Å². The molecule has 1 N–H and O–H groups in total. The van der Waals surface area contributed by atoms with Crippen molar-refractivity contribution in [3.63, 3.8) is 0 Å². The second-order valence-corrected chi connectivity index (χ2v) is 7.20. The molecule has 0 radical (unpaired) electrons. The van der Waals surface area contributed by atoms with Gasteiger partial charge in [0, 0.05) is 10.0 Å². The maximum absolute atomic E-state index is 12.3. The molecule has 26 heavy (non-hydrogen) atoms. The first-order valence-electron chi connectivity index (χ1n) is 8.32. The van der Waals surface area contributed by atoms with Crippen molar-refractivity contribution in [3.05, 3.63) is 63.6 Å². The molecule has 1 atom stereocenters. The molecule has 0 bridgehead atoms. The minimum atomic E-state index is -0.157. The summed E-state index contributed by atoms with van der Waals surface area (Å²) in [7, 11) is 0. The van der Waals surface area contributed by atoms with Crippen molar-refractivity contribution in [2.75, 3.05) is 0 Å². The Bertz CT molecular complexity index is 920. The zero-order valence-electron chi connectivity index (χ0n) is 14.9. The second-order valence-electron chi connectivity index (χ2n) is 6.28. The number of rotatable bonds is 5. The third-order valence-electron chi connectivity index (χ3n) is 4.25. The minimum absolute atomic E-state index is 0.0265. The lowest BCUT2D eigenvalue weighted by Gasteiger charge is -2.15. The summed E-state index contributed by atoms with van der Waals surface area (Å²) in [6.45, 7) is 6.13. The van der Waals surface area contributed by atoms with Gasteiger partial charge >= 0.3 is 0 Å². The lowest BCUT2D eigenvalue weighted by molar-refractivity contribution is -0.122. The lowest BCUT2D eigenvalue weighted by Crippen LogP contribution is -2.30. The van der Waals surface area contributed by atoms with Crippen LogP contribution in [0.15, 0.2) is 46.9 Å². The summed E-state index contributed by atoms with van der Waals surface area (Å²) in [6, 6.07) is 13.7. The summed E-state index contributed by atoms with van der Waals surface area (Å²) < 4.78 is 0.980. The van der Waals surface area contributed by atoms with Gasteiger partial charge in [-0.25, -0.2) is 0 Å². The van der Waals surface area contributed by atoms with Crippen molar-refractivity contribution in [2.24, 2.45) is 0 Å². The number of aromatic nitrogens is 4. The summed E-state index contributed by atoms with van der Waals surface area (Å²) in [5.74, 6) is 0.336. The van der Waals surface area contributed by atoms with E-state index in [-0.39, 0.29) is 18.5 Å². The van der Waals surface area contributed by atoms with Crippen LogP contribution in [0.5, 0.6) is 0 Å². The van der Waals surface area contributed by atoms with E-state index >= 15 is 0 Å². The Morgan fingerprint density at radius 1 is 1.15 bits per heavy atom. The first-order chi connectivity index (χ1) is 12.4. The van der Waals surface area contributed by atoms with E-state index in [1.54, 1.807) is 0 Å². The molecule has 0 saturated carbocycles. The molecule has 3 rings (SSSR count). The van der Waals surface area contributed by atoms with E-state index in [1.807, 2.05) is 37.3 Å². The van der Waals surface area contributed by atoms with Gasteiger partial charge in [-0.05, 0) is 66.9 Å². The van der Waals surface area contributed by atoms with Crippen LogP contribution in [0.25, 0.3) is 11.4 Å². The van der Waals surface area contributed by atoms with Crippen molar-refractivity contribution < 1.29 is 4.79 Å². The van der Waals surface area contributed by atoms with Crippen molar-refractivity contribution in [1.82, 2.24) is 25.5 Å². The monoisotopic (exact) mass is 413 g/mol. The molecule has 1 heterocycles. The molecule has 1 amide bonds. The van der Waals surface area contributed by atoms with Crippen LogP contribution in [0.1, 0.15) is 29.7 Å². The Morgan fingerprint density at radius 2 is 1.88 bits per heavy atom. The molecule has 0 aliphatic rings. The molecule has 0 unspecified atom stereocenters. The molecule has 0 saturated heterocycles. The van der Waals surface area contributed by atoms with Crippen LogP contribution < -0.4 is 5.32 Å².